The van der Waals surface area contributed by atoms with Gasteiger partial charge in [0, 0.05) is 5.57 Å². The molecule has 0 saturated carbocycles. The molecular formula is C8H8O3. The average molecular weight is 152 g/mol. The molecule has 3 heteroatoms. The highest BCUT2D eigenvalue weighted by molar-refractivity contribution is 5.88. The number of hydrogen-bond donors (Lipinski definition) is 1. The van der Waals surface area contributed by atoms with Gasteiger partial charge in [-0.2, -0.15) is 0 Å². The molecule has 3 nitrogen and oxygen atoms in total. The van der Waals surface area contributed by atoms with Crippen molar-refractivity contribution in [1.82, 2.24) is 0 Å². The van der Waals surface area contributed by atoms with Crippen LogP contribution in [0.15, 0.2) is 23.3 Å². The van der Waals surface area contributed by atoms with Crippen LogP contribution in [0.5, 0.6) is 0 Å². The largest absolute Gasteiger partial charge is 0.478 e. The van der Waals surface area contributed by atoms with Crippen molar-refractivity contribution in [2.24, 2.45) is 0 Å². The third-order valence-corrected chi connectivity index (χ3v) is 1.61. The van der Waals surface area contributed by atoms with Crippen LogP contribution in [0.1, 0.15) is 12.8 Å². The summed E-state index contributed by atoms with van der Waals surface area (Å²) >= 11 is 0. The van der Waals surface area contributed by atoms with E-state index in [1.807, 2.05) is 0 Å². The van der Waals surface area contributed by atoms with Gasteiger partial charge in [-0.05, 0) is 18.4 Å². The molecule has 1 aliphatic carbocycles. The normalized spacial score (nSPS) is 16.7. The lowest BCUT2D eigenvalue weighted by atomic mass is 10.00. The zero-order valence-corrected chi connectivity index (χ0v) is 5.91. The van der Waals surface area contributed by atoms with E-state index in [0.717, 1.165) is 6.29 Å². The van der Waals surface area contributed by atoms with Crippen molar-refractivity contribution in [3.05, 3.63) is 23.3 Å². The van der Waals surface area contributed by atoms with Gasteiger partial charge in [-0.3, -0.25) is 4.79 Å². The first-order valence-electron chi connectivity index (χ1n) is 3.32. The maximum atomic E-state index is 10.4. The molecule has 0 bridgehead atoms. The van der Waals surface area contributed by atoms with E-state index in [2.05, 4.69) is 0 Å². The molecule has 0 aromatic heterocycles. The smallest absolute Gasteiger partial charge is 0.331 e. The summed E-state index contributed by atoms with van der Waals surface area (Å²) < 4.78 is 0. The number of aliphatic carboxylic acids is 1. The lowest BCUT2D eigenvalue weighted by molar-refractivity contribution is -0.132. The van der Waals surface area contributed by atoms with Crippen LogP contribution in [-0.2, 0) is 9.59 Å². The van der Waals surface area contributed by atoms with Gasteiger partial charge in [-0.25, -0.2) is 4.79 Å². The van der Waals surface area contributed by atoms with Crippen molar-refractivity contribution in [2.75, 3.05) is 0 Å². The number of carbonyl (C=O) groups is 2. The van der Waals surface area contributed by atoms with Gasteiger partial charge in [0.25, 0.3) is 0 Å². The van der Waals surface area contributed by atoms with Crippen LogP contribution >= 0.6 is 0 Å². The van der Waals surface area contributed by atoms with E-state index in [1.54, 1.807) is 6.08 Å². The Morgan fingerprint density at radius 2 is 2.18 bits per heavy atom. The van der Waals surface area contributed by atoms with Crippen molar-refractivity contribution in [1.29, 1.82) is 0 Å². The zero-order chi connectivity index (χ0) is 8.27. The molecule has 0 heterocycles. The predicted molar refractivity (Wildman–Crippen MR) is 39.1 cm³/mol. The van der Waals surface area contributed by atoms with Crippen LogP contribution in [0, 0.1) is 0 Å². The Kier molecular flexibility index (Phi) is 2.21. The maximum Gasteiger partial charge on any atom is 0.331 e. The van der Waals surface area contributed by atoms with Gasteiger partial charge in [0.2, 0.25) is 0 Å². The van der Waals surface area contributed by atoms with Crippen molar-refractivity contribution < 1.29 is 14.7 Å². The highest BCUT2D eigenvalue weighted by atomic mass is 16.4. The number of carboxylic acids is 1. The van der Waals surface area contributed by atoms with Crippen LogP contribution < -0.4 is 0 Å². The summed E-state index contributed by atoms with van der Waals surface area (Å²) in [5, 5.41) is 8.51. The van der Waals surface area contributed by atoms with E-state index in [-0.39, 0.29) is 0 Å². The molecule has 0 radical (unpaired) electrons. The SMILES string of the molecule is O=CC1=CC=C(C(=O)O)CC1. The molecule has 1 aliphatic rings. The Labute approximate surface area is 64.0 Å². The number of rotatable bonds is 2. The van der Waals surface area contributed by atoms with Crippen molar-refractivity contribution in [2.45, 2.75) is 12.8 Å². The monoisotopic (exact) mass is 152 g/mol. The van der Waals surface area contributed by atoms with E-state index < -0.39 is 5.97 Å². The van der Waals surface area contributed by atoms with Crippen LogP contribution in [0.2, 0.25) is 0 Å². The number of aldehydes is 1. The van der Waals surface area contributed by atoms with E-state index in [1.165, 1.54) is 6.08 Å². The third kappa shape index (κ3) is 1.77. The second-order valence-electron chi connectivity index (χ2n) is 2.36. The summed E-state index contributed by atoms with van der Waals surface area (Å²) in [6.45, 7) is 0. The number of carbonyl (C=O) groups excluding carboxylic acids is 1. The van der Waals surface area contributed by atoms with Gasteiger partial charge in [-0.15, -0.1) is 0 Å². The first-order valence-corrected chi connectivity index (χ1v) is 3.32. The summed E-state index contributed by atoms with van der Waals surface area (Å²) in [4.78, 5) is 20.6. The quantitative estimate of drug-likeness (QED) is 0.598. The van der Waals surface area contributed by atoms with E-state index >= 15 is 0 Å². The number of allylic oxidation sites excluding steroid dienone is 3. The van der Waals surface area contributed by atoms with Crippen LogP contribution in [-0.4, -0.2) is 17.4 Å². The molecule has 58 valence electrons. The summed E-state index contributed by atoms with van der Waals surface area (Å²) in [6.07, 6.45) is 4.80. The topological polar surface area (TPSA) is 54.4 Å². The number of carboxylic acid groups (broad SMARTS) is 1. The van der Waals surface area contributed by atoms with Gasteiger partial charge in [0.15, 0.2) is 0 Å². The molecule has 11 heavy (non-hydrogen) atoms. The van der Waals surface area contributed by atoms with E-state index in [0.29, 0.717) is 24.0 Å². The fourth-order valence-corrected chi connectivity index (χ4v) is 0.930. The molecule has 0 saturated heterocycles. The van der Waals surface area contributed by atoms with Crippen molar-refractivity contribution in [3.63, 3.8) is 0 Å². The first-order chi connectivity index (χ1) is 5.24. The molecular weight excluding hydrogens is 144 g/mol. The molecule has 0 unspecified atom stereocenters. The minimum Gasteiger partial charge on any atom is -0.478 e. The Hall–Kier alpha value is -1.38. The number of hydrogen-bond acceptors (Lipinski definition) is 2. The Bertz CT molecular complexity index is 248. The fourth-order valence-electron chi connectivity index (χ4n) is 0.930. The fraction of sp³-hybridized carbons (Fsp3) is 0.250. The first kappa shape index (κ1) is 7.72. The second kappa shape index (κ2) is 3.14. The van der Waals surface area contributed by atoms with Gasteiger partial charge >= 0.3 is 5.97 Å². The zero-order valence-electron chi connectivity index (χ0n) is 5.91. The van der Waals surface area contributed by atoms with Crippen LogP contribution in [0.4, 0.5) is 0 Å². The molecule has 1 rings (SSSR count). The minimum atomic E-state index is -0.897. The standard InChI is InChI=1S/C8H8O3/c9-5-6-1-3-7(4-2-6)8(10)11/h1,3,5H,2,4H2,(H,10,11). The highest BCUT2D eigenvalue weighted by Crippen LogP contribution is 2.16. The van der Waals surface area contributed by atoms with Crippen molar-refractivity contribution in [3.8, 4) is 0 Å². The lowest BCUT2D eigenvalue weighted by Gasteiger charge is -2.05. The molecule has 0 spiro atoms. The third-order valence-electron chi connectivity index (χ3n) is 1.61. The maximum absolute atomic E-state index is 10.4. The Morgan fingerprint density at radius 3 is 2.55 bits per heavy atom. The second-order valence-corrected chi connectivity index (χ2v) is 2.36. The van der Waals surface area contributed by atoms with Gasteiger partial charge in [0.05, 0.1) is 0 Å². The molecule has 0 aromatic rings. The van der Waals surface area contributed by atoms with Crippen molar-refractivity contribution >= 4 is 12.3 Å². The van der Waals surface area contributed by atoms with Crippen LogP contribution in [0.25, 0.3) is 0 Å². The minimum absolute atomic E-state index is 0.371. The molecule has 0 aromatic carbocycles. The average Bonchev–Trinajstić information content (AvgIpc) is 2.05. The Morgan fingerprint density at radius 1 is 1.45 bits per heavy atom. The summed E-state index contributed by atoms with van der Waals surface area (Å²) in [7, 11) is 0. The highest BCUT2D eigenvalue weighted by Gasteiger charge is 2.10. The predicted octanol–water partition coefficient (Wildman–Crippen LogP) is 0.916. The van der Waals surface area contributed by atoms with Gasteiger partial charge < -0.3 is 5.11 Å². The molecule has 0 atom stereocenters. The van der Waals surface area contributed by atoms with E-state index in [9.17, 15) is 9.59 Å². The summed E-state index contributed by atoms with van der Waals surface area (Å²) in [6, 6.07) is 0. The van der Waals surface area contributed by atoms with Gasteiger partial charge in [0.1, 0.15) is 6.29 Å². The molecule has 0 amide bonds. The molecule has 1 N–H and O–H groups in total. The summed E-state index contributed by atoms with van der Waals surface area (Å²) in [5.41, 5.74) is 1.03. The summed E-state index contributed by atoms with van der Waals surface area (Å²) in [5.74, 6) is -0.897. The molecule has 0 fully saturated rings. The lowest BCUT2D eigenvalue weighted by Crippen LogP contribution is -2.04. The van der Waals surface area contributed by atoms with Crippen LogP contribution in [0.3, 0.4) is 0 Å². The van der Waals surface area contributed by atoms with Gasteiger partial charge in [-0.1, -0.05) is 12.2 Å². The molecule has 0 aliphatic heterocycles. The Balaban J connectivity index is 2.76. The van der Waals surface area contributed by atoms with E-state index in [4.69, 9.17) is 5.11 Å².